The minimum Gasteiger partial charge on any atom is -0.303 e. The second-order valence-corrected chi connectivity index (χ2v) is 6.14. The minimum atomic E-state index is 0.903. The number of rotatable bonds is 4. The van der Waals surface area contributed by atoms with Gasteiger partial charge in [-0.25, -0.2) is 0 Å². The molecule has 0 radical (unpaired) electrons. The van der Waals surface area contributed by atoms with Crippen LogP contribution in [0.2, 0.25) is 0 Å². The fourth-order valence-electron chi connectivity index (χ4n) is 3.28. The standard InChI is InChI=1S/C15H30N2/c1-3-4-9-16-10-7-15(8-11-16)17-12-5-14(2)6-13-17/h14-15H,3-13H2,1-2H3. The van der Waals surface area contributed by atoms with E-state index < -0.39 is 0 Å². The molecule has 0 N–H and O–H groups in total. The third kappa shape index (κ3) is 3.96. The summed E-state index contributed by atoms with van der Waals surface area (Å²) in [5, 5.41) is 0. The van der Waals surface area contributed by atoms with Crippen molar-refractivity contribution >= 4 is 0 Å². The summed E-state index contributed by atoms with van der Waals surface area (Å²) in [4.78, 5) is 5.45. The van der Waals surface area contributed by atoms with Gasteiger partial charge in [-0.3, -0.25) is 0 Å². The fraction of sp³-hybridized carbons (Fsp3) is 1.00. The summed E-state index contributed by atoms with van der Waals surface area (Å²) in [6, 6.07) is 0.903. The first-order valence-electron chi connectivity index (χ1n) is 7.76. The van der Waals surface area contributed by atoms with Gasteiger partial charge < -0.3 is 9.80 Å². The Hall–Kier alpha value is -0.0800. The molecule has 2 aliphatic rings. The third-order valence-corrected chi connectivity index (χ3v) is 4.72. The molecule has 0 aromatic heterocycles. The van der Waals surface area contributed by atoms with Gasteiger partial charge >= 0.3 is 0 Å². The van der Waals surface area contributed by atoms with E-state index in [1.807, 2.05) is 0 Å². The zero-order valence-electron chi connectivity index (χ0n) is 11.8. The van der Waals surface area contributed by atoms with E-state index in [2.05, 4.69) is 23.6 Å². The number of unbranched alkanes of at least 4 members (excludes halogenated alkanes) is 1. The lowest BCUT2D eigenvalue weighted by Crippen LogP contribution is -2.47. The van der Waals surface area contributed by atoms with Gasteiger partial charge in [-0.05, 0) is 70.7 Å². The molecule has 2 rings (SSSR count). The van der Waals surface area contributed by atoms with Crippen LogP contribution < -0.4 is 0 Å². The van der Waals surface area contributed by atoms with Crippen LogP contribution in [-0.2, 0) is 0 Å². The molecule has 0 saturated carbocycles. The van der Waals surface area contributed by atoms with Crippen molar-refractivity contribution in [3.63, 3.8) is 0 Å². The molecule has 0 aromatic carbocycles. The number of hydrogen-bond donors (Lipinski definition) is 0. The lowest BCUT2D eigenvalue weighted by atomic mass is 9.95. The van der Waals surface area contributed by atoms with Crippen molar-refractivity contribution in [1.82, 2.24) is 9.80 Å². The highest BCUT2D eigenvalue weighted by atomic mass is 15.2. The predicted octanol–water partition coefficient (Wildman–Crippen LogP) is 2.98. The van der Waals surface area contributed by atoms with Crippen molar-refractivity contribution < 1.29 is 0 Å². The molecule has 17 heavy (non-hydrogen) atoms. The minimum absolute atomic E-state index is 0.903. The second-order valence-electron chi connectivity index (χ2n) is 6.14. The normalized spacial score (nSPS) is 26.5. The molecule has 0 amide bonds. The first-order valence-corrected chi connectivity index (χ1v) is 7.76. The van der Waals surface area contributed by atoms with Crippen molar-refractivity contribution in [1.29, 1.82) is 0 Å². The quantitative estimate of drug-likeness (QED) is 0.743. The molecule has 2 fully saturated rings. The van der Waals surface area contributed by atoms with E-state index in [0.29, 0.717) is 0 Å². The van der Waals surface area contributed by atoms with Crippen LogP contribution in [0.15, 0.2) is 0 Å². The van der Waals surface area contributed by atoms with Crippen molar-refractivity contribution in [2.24, 2.45) is 5.92 Å². The Morgan fingerprint density at radius 2 is 1.59 bits per heavy atom. The molecule has 2 nitrogen and oxygen atoms in total. The Balaban J connectivity index is 1.68. The summed E-state index contributed by atoms with van der Waals surface area (Å²) in [6.07, 6.45) is 8.40. The number of hydrogen-bond acceptors (Lipinski definition) is 2. The summed E-state index contributed by atoms with van der Waals surface area (Å²) in [5.41, 5.74) is 0. The lowest BCUT2D eigenvalue weighted by molar-refractivity contribution is 0.0800. The van der Waals surface area contributed by atoms with E-state index in [1.165, 1.54) is 71.2 Å². The fourth-order valence-corrected chi connectivity index (χ4v) is 3.28. The molecule has 0 unspecified atom stereocenters. The topological polar surface area (TPSA) is 6.48 Å². The Kier molecular flexibility index (Phi) is 5.30. The number of nitrogens with zero attached hydrogens (tertiary/aromatic N) is 2. The lowest BCUT2D eigenvalue weighted by Gasteiger charge is -2.41. The predicted molar refractivity (Wildman–Crippen MR) is 74.3 cm³/mol. The summed E-state index contributed by atoms with van der Waals surface area (Å²) in [6.45, 7) is 11.4. The van der Waals surface area contributed by atoms with E-state index in [9.17, 15) is 0 Å². The van der Waals surface area contributed by atoms with Crippen LogP contribution >= 0.6 is 0 Å². The third-order valence-electron chi connectivity index (χ3n) is 4.72. The van der Waals surface area contributed by atoms with Gasteiger partial charge in [0.2, 0.25) is 0 Å². The Morgan fingerprint density at radius 3 is 2.18 bits per heavy atom. The molecule has 2 heterocycles. The summed E-state index contributed by atoms with van der Waals surface area (Å²) >= 11 is 0. The van der Waals surface area contributed by atoms with Gasteiger partial charge in [0.05, 0.1) is 0 Å². The van der Waals surface area contributed by atoms with Crippen molar-refractivity contribution in [2.75, 3.05) is 32.7 Å². The van der Waals surface area contributed by atoms with E-state index in [4.69, 9.17) is 0 Å². The SMILES string of the molecule is CCCCN1CCC(N2CCC(C)CC2)CC1. The van der Waals surface area contributed by atoms with Gasteiger partial charge in [0, 0.05) is 6.04 Å². The molecule has 2 heteroatoms. The van der Waals surface area contributed by atoms with Gasteiger partial charge in [-0.2, -0.15) is 0 Å². The van der Waals surface area contributed by atoms with Gasteiger partial charge in [-0.15, -0.1) is 0 Å². The smallest absolute Gasteiger partial charge is 0.0120 e. The number of piperidine rings is 2. The van der Waals surface area contributed by atoms with Crippen molar-refractivity contribution in [3.05, 3.63) is 0 Å². The van der Waals surface area contributed by atoms with Gasteiger partial charge in [0.1, 0.15) is 0 Å². The highest BCUT2D eigenvalue weighted by Gasteiger charge is 2.26. The molecule has 100 valence electrons. The van der Waals surface area contributed by atoms with Crippen LogP contribution in [-0.4, -0.2) is 48.6 Å². The first-order chi connectivity index (χ1) is 8.29. The molecule has 2 aliphatic heterocycles. The Morgan fingerprint density at radius 1 is 0.941 bits per heavy atom. The van der Waals surface area contributed by atoms with Crippen LogP contribution in [0.25, 0.3) is 0 Å². The van der Waals surface area contributed by atoms with E-state index in [1.54, 1.807) is 0 Å². The average molecular weight is 238 g/mol. The molecule has 0 aliphatic carbocycles. The van der Waals surface area contributed by atoms with Gasteiger partial charge in [0.25, 0.3) is 0 Å². The molecule has 0 spiro atoms. The van der Waals surface area contributed by atoms with Crippen molar-refractivity contribution in [2.45, 2.75) is 58.4 Å². The van der Waals surface area contributed by atoms with Crippen LogP contribution in [0.5, 0.6) is 0 Å². The average Bonchev–Trinajstić information content (AvgIpc) is 2.38. The summed E-state index contributed by atoms with van der Waals surface area (Å²) in [7, 11) is 0. The van der Waals surface area contributed by atoms with Crippen LogP contribution in [0.3, 0.4) is 0 Å². The maximum Gasteiger partial charge on any atom is 0.0120 e. The highest BCUT2D eigenvalue weighted by molar-refractivity contribution is 4.82. The van der Waals surface area contributed by atoms with Crippen LogP contribution in [0.4, 0.5) is 0 Å². The van der Waals surface area contributed by atoms with E-state index in [-0.39, 0.29) is 0 Å². The maximum atomic E-state index is 2.77. The molecular weight excluding hydrogens is 208 g/mol. The van der Waals surface area contributed by atoms with Gasteiger partial charge in [0.15, 0.2) is 0 Å². The first kappa shape index (κ1) is 13.4. The summed E-state index contributed by atoms with van der Waals surface area (Å²) in [5.74, 6) is 0.968. The van der Waals surface area contributed by atoms with Gasteiger partial charge in [-0.1, -0.05) is 20.3 Å². The maximum absolute atomic E-state index is 2.77. The molecular formula is C15H30N2. The van der Waals surface area contributed by atoms with Crippen LogP contribution in [0.1, 0.15) is 52.4 Å². The van der Waals surface area contributed by atoms with E-state index >= 15 is 0 Å². The number of likely N-dealkylation sites (tertiary alicyclic amines) is 2. The zero-order chi connectivity index (χ0) is 12.1. The largest absolute Gasteiger partial charge is 0.303 e. The highest BCUT2D eigenvalue weighted by Crippen LogP contribution is 2.23. The Labute approximate surface area is 107 Å². The van der Waals surface area contributed by atoms with Crippen LogP contribution in [0, 0.1) is 5.92 Å². The zero-order valence-corrected chi connectivity index (χ0v) is 11.8. The summed E-state index contributed by atoms with van der Waals surface area (Å²) < 4.78 is 0. The molecule has 2 saturated heterocycles. The molecule has 0 aromatic rings. The Bertz CT molecular complexity index is 201. The van der Waals surface area contributed by atoms with E-state index in [0.717, 1.165) is 12.0 Å². The monoisotopic (exact) mass is 238 g/mol. The second kappa shape index (κ2) is 6.75. The molecule has 0 atom stereocenters. The van der Waals surface area contributed by atoms with Crippen molar-refractivity contribution in [3.8, 4) is 0 Å². The molecule has 0 bridgehead atoms.